The summed E-state index contributed by atoms with van der Waals surface area (Å²) >= 11 is 1.25. The first-order chi connectivity index (χ1) is 15.6. The minimum atomic E-state index is -0.123. The predicted octanol–water partition coefficient (Wildman–Crippen LogP) is 2.75. The van der Waals surface area contributed by atoms with Gasteiger partial charge < -0.3 is 15.0 Å². The standard InChI is InChI=1S/C24H26N4O3S/c1-31-19-9-7-18(8-10-19)14-28-12-11-21-20(15-28)23(30)27-24(26-21)32-16-22(29)25-13-17-5-3-2-4-6-17/h2-10H,11-16H2,1H3,(H,25,29)(H,26,27,30). The molecule has 1 aliphatic heterocycles. The average molecular weight is 451 g/mol. The van der Waals surface area contributed by atoms with Crippen LogP contribution in [0.25, 0.3) is 0 Å². The molecule has 8 heteroatoms. The number of ether oxygens (including phenoxy) is 1. The fourth-order valence-corrected chi connectivity index (χ4v) is 4.34. The van der Waals surface area contributed by atoms with Crippen molar-refractivity contribution in [3.8, 4) is 5.75 Å². The normalized spacial score (nSPS) is 13.4. The van der Waals surface area contributed by atoms with E-state index in [2.05, 4.69) is 20.2 Å². The van der Waals surface area contributed by atoms with Crippen LogP contribution >= 0.6 is 11.8 Å². The molecule has 0 unspecified atom stereocenters. The second-order valence-electron chi connectivity index (χ2n) is 7.66. The molecule has 1 aromatic heterocycles. The van der Waals surface area contributed by atoms with Crippen molar-refractivity contribution in [1.29, 1.82) is 0 Å². The molecular weight excluding hydrogens is 424 g/mol. The number of methoxy groups -OCH3 is 1. The van der Waals surface area contributed by atoms with Gasteiger partial charge in [-0.15, -0.1) is 0 Å². The summed E-state index contributed by atoms with van der Waals surface area (Å²) in [7, 11) is 1.65. The number of rotatable bonds is 8. The van der Waals surface area contributed by atoms with Gasteiger partial charge in [0.15, 0.2) is 5.16 Å². The smallest absolute Gasteiger partial charge is 0.256 e. The lowest BCUT2D eigenvalue weighted by Crippen LogP contribution is -2.35. The Labute approximate surface area is 191 Å². The zero-order chi connectivity index (χ0) is 22.3. The van der Waals surface area contributed by atoms with E-state index in [0.29, 0.717) is 30.2 Å². The lowest BCUT2D eigenvalue weighted by Gasteiger charge is -2.27. The summed E-state index contributed by atoms with van der Waals surface area (Å²) in [6.07, 6.45) is 0.711. The van der Waals surface area contributed by atoms with Crippen molar-refractivity contribution in [3.63, 3.8) is 0 Å². The summed E-state index contributed by atoms with van der Waals surface area (Å²) in [6.45, 7) is 2.64. The molecule has 0 saturated carbocycles. The maximum absolute atomic E-state index is 12.7. The van der Waals surface area contributed by atoms with Gasteiger partial charge in [0.05, 0.1) is 24.1 Å². The fraction of sp³-hybridized carbons (Fsp3) is 0.292. The average Bonchev–Trinajstić information content (AvgIpc) is 2.83. The highest BCUT2D eigenvalue weighted by molar-refractivity contribution is 7.99. The molecule has 1 amide bonds. The Morgan fingerprint density at radius 2 is 1.94 bits per heavy atom. The van der Waals surface area contributed by atoms with Gasteiger partial charge in [-0.05, 0) is 23.3 Å². The first-order valence-corrected chi connectivity index (χ1v) is 11.5. The van der Waals surface area contributed by atoms with E-state index in [1.54, 1.807) is 7.11 Å². The van der Waals surface area contributed by atoms with Crippen LogP contribution in [-0.2, 0) is 30.8 Å². The maximum Gasteiger partial charge on any atom is 0.256 e. The quantitative estimate of drug-likeness (QED) is 0.405. The fourth-order valence-electron chi connectivity index (χ4n) is 3.63. The molecule has 0 fully saturated rings. The maximum atomic E-state index is 12.7. The summed E-state index contributed by atoms with van der Waals surface area (Å²) in [4.78, 5) is 34.5. The molecule has 0 aliphatic carbocycles. The van der Waals surface area contributed by atoms with E-state index < -0.39 is 0 Å². The number of nitrogens with one attached hydrogen (secondary N) is 2. The van der Waals surface area contributed by atoms with Crippen molar-refractivity contribution < 1.29 is 9.53 Å². The number of amides is 1. The van der Waals surface area contributed by atoms with Gasteiger partial charge in [0.2, 0.25) is 5.91 Å². The van der Waals surface area contributed by atoms with E-state index in [9.17, 15) is 9.59 Å². The van der Waals surface area contributed by atoms with Crippen molar-refractivity contribution in [3.05, 3.63) is 87.3 Å². The number of hydrogen-bond acceptors (Lipinski definition) is 6. The number of H-pyrrole nitrogens is 1. The Hall–Kier alpha value is -3.10. The van der Waals surface area contributed by atoms with Crippen LogP contribution < -0.4 is 15.6 Å². The Morgan fingerprint density at radius 1 is 1.16 bits per heavy atom. The van der Waals surface area contributed by atoms with Gasteiger partial charge in [-0.1, -0.05) is 54.2 Å². The van der Waals surface area contributed by atoms with Gasteiger partial charge in [-0.2, -0.15) is 0 Å². The number of fused-ring (bicyclic) bond motifs is 1. The minimum Gasteiger partial charge on any atom is -0.497 e. The summed E-state index contributed by atoms with van der Waals surface area (Å²) in [6, 6.07) is 17.7. The lowest BCUT2D eigenvalue weighted by atomic mass is 10.1. The van der Waals surface area contributed by atoms with Gasteiger partial charge in [-0.25, -0.2) is 4.98 Å². The first kappa shape index (κ1) is 22.1. The molecule has 32 heavy (non-hydrogen) atoms. The van der Waals surface area contributed by atoms with Crippen molar-refractivity contribution in [2.24, 2.45) is 0 Å². The van der Waals surface area contributed by atoms with Crippen LogP contribution in [0, 0.1) is 0 Å². The zero-order valence-corrected chi connectivity index (χ0v) is 18.8. The second-order valence-corrected chi connectivity index (χ2v) is 8.62. The van der Waals surface area contributed by atoms with Crippen molar-refractivity contribution in [2.45, 2.75) is 31.2 Å². The Kier molecular flexibility index (Phi) is 7.24. The largest absolute Gasteiger partial charge is 0.497 e. The molecular formula is C24H26N4O3S. The molecule has 0 spiro atoms. The highest BCUT2D eigenvalue weighted by atomic mass is 32.2. The number of thioether (sulfide) groups is 1. The molecule has 7 nitrogen and oxygen atoms in total. The van der Waals surface area contributed by atoms with Gasteiger partial charge >= 0.3 is 0 Å². The Balaban J connectivity index is 1.32. The number of carbonyl (C=O) groups is 1. The highest BCUT2D eigenvalue weighted by Crippen LogP contribution is 2.20. The minimum absolute atomic E-state index is 0.0927. The number of benzene rings is 2. The number of carbonyl (C=O) groups excluding carboxylic acids is 1. The van der Waals surface area contributed by atoms with Gasteiger partial charge in [0, 0.05) is 32.6 Å². The van der Waals surface area contributed by atoms with E-state index in [0.717, 1.165) is 30.1 Å². The molecule has 0 radical (unpaired) electrons. The van der Waals surface area contributed by atoms with E-state index in [1.165, 1.54) is 17.3 Å². The van der Waals surface area contributed by atoms with Crippen LogP contribution in [-0.4, -0.2) is 40.2 Å². The molecule has 0 saturated heterocycles. The van der Waals surface area contributed by atoms with E-state index >= 15 is 0 Å². The molecule has 3 aromatic rings. The monoisotopic (exact) mass is 450 g/mol. The van der Waals surface area contributed by atoms with Gasteiger partial charge in [-0.3, -0.25) is 14.5 Å². The van der Waals surface area contributed by atoms with Crippen LogP contribution in [0.3, 0.4) is 0 Å². The molecule has 166 valence electrons. The van der Waals surface area contributed by atoms with Crippen LogP contribution in [0.5, 0.6) is 5.75 Å². The first-order valence-electron chi connectivity index (χ1n) is 10.5. The zero-order valence-electron chi connectivity index (χ0n) is 18.0. The third kappa shape index (κ3) is 5.77. The second kappa shape index (κ2) is 10.5. The van der Waals surface area contributed by atoms with Crippen molar-refractivity contribution in [1.82, 2.24) is 20.2 Å². The molecule has 2 N–H and O–H groups in total. The number of hydrogen-bond donors (Lipinski definition) is 2. The van der Waals surface area contributed by atoms with Crippen LogP contribution in [0.15, 0.2) is 64.5 Å². The van der Waals surface area contributed by atoms with Gasteiger partial charge in [0.25, 0.3) is 5.56 Å². The summed E-state index contributed by atoms with van der Waals surface area (Å²) < 4.78 is 5.21. The number of nitrogens with zero attached hydrogens (tertiary/aromatic N) is 2. The van der Waals surface area contributed by atoms with Crippen molar-refractivity contribution in [2.75, 3.05) is 19.4 Å². The molecule has 0 bridgehead atoms. The highest BCUT2D eigenvalue weighted by Gasteiger charge is 2.21. The third-order valence-corrected chi connectivity index (χ3v) is 6.24. The van der Waals surface area contributed by atoms with Crippen LogP contribution in [0.4, 0.5) is 0 Å². The molecule has 0 atom stereocenters. The molecule has 4 rings (SSSR count). The number of aromatic amines is 1. The molecule has 2 heterocycles. The summed E-state index contributed by atoms with van der Waals surface area (Å²) in [5, 5.41) is 3.38. The van der Waals surface area contributed by atoms with Gasteiger partial charge in [0.1, 0.15) is 5.75 Å². The van der Waals surface area contributed by atoms with Crippen molar-refractivity contribution >= 4 is 17.7 Å². The van der Waals surface area contributed by atoms with Crippen LogP contribution in [0.1, 0.15) is 22.4 Å². The van der Waals surface area contributed by atoms with Crippen LogP contribution in [0.2, 0.25) is 0 Å². The molecule has 1 aliphatic rings. The Morgan fingerprint density at radius 3 is 2.69 bits per heavy atom. The third-order valence-electron chi connectivity index (χ3n) is 5.36. The van der Waals surface area contributed by atoms with E-state index in [1.807, 2.05) is 54.6 Å². The van der Waals surface area contributed by atoms with E-state index in [-0.39, 0.29) is 17.2 Å². The number of aromatic nitrogens is 2. The topological polar surface area (TPSA) is 87.3 Å². The Bertz CT molecular complexity index is 1120. The SMILES string of the molecule is COc1ccc(CN2CCc3nc(SCC(=O)NCc4ccccc4)[nH]c(=O)c3C2)cc1. The lowest BCUT2D eigenvalue weighted by molar-refractivity contribution is -0.118. The van der Waals surface area contributed by atoms with E-state index in [4.69, 9.17) is 4.74 Å². The predicted molar refractivity (Wildman–Crippen MR) is 125 cm³/mol. The summed E-state index contributed by atoms with van der Waals surface area (Å²) in [5.74, 6) is 0.945. The summed E-state index contributed by atoms with van der Waals surface area (Å²) in [5.41, 5.74) is 3.63. The molecule has 2 aromatic carbocycles.